The van der Waals surface area contributed by atoms with Crippen molar-refractivity contribution >= 4 is 5.82 Å². The van der Waals surface area contributed by atoms with Gasteiger partial charge in [0.05, 0.1) is 17.8 Å². The van der Waals surface area contributed by atoms with E-state index in [1.807, 2.05) is 20.8 Å². The Morgan fingerprint density at radius 1 is 1.64 bits per heavy atom. The van der Waals surface area contributed by atoms with E-state index in [9.17, 15) is 5.11 Å². The molecule has 5 heteroatoms. The summed E-state index contributed by atoms with van der Waals surface area (Å²) in [7, 11) is 0. The number of anilines is 1. The van der Waals surface area contributed by atoms with Crippen LogP contribution in [0.3, 0.4) is 0 Å². The molecule has 0 fully saturated rings. The van der Waals surface area contributed by atoms with Crippen LogP contribution in [0.2, 0.25) is 0 Å². The van der Waals surface area contributed by atoms with Gasteiger partial charge in [-0.15, -0.1) is 5.10 Å². The minimum Gasteiger partial charge on any atom is -0.391 e. The number of nitrogens with one attached hydrogen (secondary N) is 1. The smallest absolute Gasteiger partial charge is 0.145 e. The Labute approximate surface area is 84.1 Å². The molecule has 0 aliphatic rings. The third-order valence-corrected chi connectivity index (χ3v) is 2.41. The Kier molecular flexibility index (Phi) is 3.10. The van der Waals surface area contributed by atoms with Gasteiger partial charge in [0.15, 0.2) is 0 Å². The molecule has 14 heavy (non-hydrogen) atoms. The summed E-state index contributed by atoms with van der Waals surface area (Å²) in [4.78, 5) is 0. The van der Waals surface area contributed by atoms with Gasteiger partial charge in [-0.25, -0.2) is 4.68 Å². The molecule has 0 bridgehead atoms. The summed E-state index contributed by atoms with van der Waals surface area (Å²) < 4.78 is 1.75. The number of aliphatic hydroxyl groups is 1. The van der Waals surface area contributed by atoms with Gasteiger partial charge < -0.3 is 10.4 Å². The van der Waals surface area contributed by atoms with E-state index in [2.05, 4.69) is 15.6 Å². The molecule has 0 amide bonds. The monoisotopic (exact) mass is 198 g/mol. The second kappa shape index (κ2) is 3.96. The fourth-order valence-corrected chi connectivity index (χ4v) is 1.02. The lowest BCUT2D eigenvalue weighted by Gasteiger charge is -2.30. The predicted octanol–water partition coefficient (Wildman–Crippen LogP) is 0.869. The van der Waals surface area contributed by atoms with E-state index in [0.29, 0.717) is 0 Å². The van der Waals surface area contributed by atoms with Crippen LogP contribution in [0.25, 0.3) is 0 Å². The number of hydrogen-bond donors (Lipinski definition) is 2. The number of hydrogen-bond acceptors (Lipinski definition) is 4. The molecule has 1 atom stereocenters. The number of nitrogens with zero attached hydrogens (tertiary/aromatic N) is 3. The molecular formula is C9H18N4O. The first-order chi connectivity index (χ1) is 6.47. The quantitative estimate of drug-likeness (QED) is 0.753. The van der Waals surface area contributed by atoms with Crippen LogP contribution in [0, 0.1) is 0 Å². The first-order valence-electron chi connectivity index (χ1n) is 4.82. The van der Waals surface area contributed by atoms with E-state index in [0.717, 1.165) is 12.4 Å². The van der Waals surface area contributed by atoms with Gasteiger partial charge in [-0.1, -0.05) is 5.21 Å². The van der Waals surface area contributed by atoms with Crippen LogP contribution in [-0.2, 0) is 6.54 Å². The molecule has 1 aromatic rings. The maximum Gasteiger partial charge on any atom is 0.145 e. The van der Waals surface area contributed by atoms with Crippen molar-refractivity contribution in [3.63, 3.8) is 0 Å². The van der Waals surface area contributed by atoms with E-state index in [4.69, 9.17) is 0 Å². The fraction of sp³-hybridized carbons (Fsp3) is 0.778. The number of rotatable bonds is 4. The zero-order chi connectivity index (χ0) is 10.8. The van der Waals surface area contributed by atoms with Crippen molar-refractivity contribution in [3.8, 4) is 0 Å². The van der Waals surface area contributed by atoms with Gasteiger partial charge in [0.1, 0.15) is 5.82 Å². The van der Waals surface area contributed by atoms with Crippen molar-refractivity contribution in [2.24, 2.45) is 0 Å². The van der Waals surface area contributed by atoms with Gasteiger partial charge in [0, 0.05) is 6.54 Å². The highest BCUT2D eigenvalue weighted by Gasteiger charge is 2.24. The molecule has 1 aromatic heterocycles. The van der Waals surface area contributed by atoms with E-state index >= 15 is 0 Å². The first kappa shape index (κ1) is 11.0. The summed E-state index contributed by atoms with van der Waals surface area (Å²) >= 11 is 0. The molecule has 1 rings (SSSR count). The van der Waals surface area contributed by atoms with Crippen molar-refractivity contribution in [2.45, 2.75) is 45.9 Å². The average molecular weight is 198 g/mol. The molecule has 0 aliphatic carbocycles. The number of aliphatic hydroxyl groups excluding tert-OH is 1. The van der Waals surface area contributed by atoms with Crippen molar-refractivity contribution in [1.82, 2.24) is 15.0 Å². The van der Waals surface area contributed by atoms with Crippen LogP contribution in [-0.4, -0.2) is 31.7 Å². The van der Waals surface area contributed by atoms with Crippen LogP contribution in [0.5, 0.6) is 0 Å². The van der Waals surface area contributed by atoms with Crippen molar-refractivity contribution in [1.29, 1.82) is 0 Å². The van der Waals surface area contributed by atoms with Crippen LogP contribution in [0.15, 0.2) is 6.20 Å². The number of aryl methyl sites for hydroxylation is 1. The largest absolute Gasteiger partial charge is 0.391 e. The van der Waals surface area contributed by atoms with Crippen molar-refractivity contribution in [3.05, 3.63) is 6.20 Å². The Hall–Kier alpha value is -1.10. The second-order valence-corrected chi connectivity index (χ2v) is 3.96. The lowest BCUT2D eigenvalue weighted by atomic mass is 9.99. The summed E-state index contributed by atoms with van der Waals surface area (Å²) in [6.45, 7) is 8.38. The zero-order valence-corrected chi connectivity index (χ0v) is 9.15. The van der Waals surface area contributed by atoms with Gasteiger partial charge in [0.25, 0.3) is 0 Å². The third-order valence-electron chi connectivity index (χ3n) is 2.41. The lowest BCUT2D eigenvalue weighted by molar-refractivity contribution is 0.132. The van der Waals surface area contributed by atoms with Crippen molar-refractivity contribution in [2.75, 3.05) is 5.32 Å². The first-order valence-corrected chi connectivity index (χ1v) is 4.82. The summed E-state index contributed by atoms with van der Waals surface area (Å²) in [6.07, 6.45) is 1.22. The van der Waals surface area contributed by atoms with E-state index in [-0.39, 0.29) is 5.54 Å². The molecule has 0 radical (unpaired) electrons. The maximum atomic E-state index is 9.53. The number of aromatic nitrogens is 3. The molecule has 80 valence electrons. The van der Waals surface area contributed by atoms with Crippen LogP contribution >= 0.6 is 0 Å². The summed E-state index contributed by atoms with van der Waals surface area (Å²) in [5, 5.41) is 20.4. The molecule has 0 saturated carbocycles. The molecule has 1 unspecified atom stereocenters. The second-order valence-electron chi connectivity index (χ2n) is 3.96. The molecule has 0 aliphatic heterocycles. The Balaban J connectivity index is 2.78. The molecule has 1 heterocycles. The lowest BCUT2D eigenvalue weighted by Crippen LogP contribution is -2.42. The Bertz CT molecular complexity index is 293. The van der Waals surface area contributed by atoms with Crippen LogP contribution < -0.4 is 5.32 Å². The highest BCUT2D eigenvalue weighted by atomic mass is 16.3. The van der Waals surface area contributed by atoms with Gasteiger partial charge in [-0.2, -0.15) is 0 Å². The van der Waals surface area contributed by atoms with Gasteiger partial charge in [-0.05, 0) is 27.7 Å². The van der Waals surface area contributed by atoms with Crippen LogP contribution in [0.1, 0.15) is 27.7 Å². The minimum absolute atomic E-state index is 0.380. The topological polar surface area (TPSA) is 63.0 Å². The Morgan fingerprint density at radius 2 is 2.29 bits per heavy atom. The SMILES string of the molecule is CCn1nncc1NC(C)(C)C(C)O. The van der Waals surface area contributed by atoms with E-state index < -0.39 is 6.10 Å². The third kappa shape index (κ3) is 2.23. The van der Waals surface area contributed by atoms with Gasteiger partial charge in [0.2, 0.25) is 0 Å². The molecule has 0 aromatic carbocycles. The maximum absolute atomic E-state index is 9.53. The molecule has 2 N–H and O–H groups in total. The zero-order valence-electron chi connectivity index (χ0n) is 9.15. The van der Waals surface area contributed by atoms with Crippen molar-refractivity contribution < 1.29 is 5.11 Å². The molecular weight excluding hydrogens is 180 g/mol. The minimum atomic E-state index is -0.442. The molecule has 0 spiro atoms. The highest BCUT2D eigenvalue weighted by molar-refractivity contribution is 5.35. The summed E-state index contributed by atoms with van der Waals surface area (Å²) in [6, 6.07) is 0. The average Bonchev–Trinajstić information content (AvgIpc) is 2.50. The van der Waals surface area contributed by atoms with Gasteiger partial charge >= 0.3 is 0 Å². The highest BCUT2D eigenvalue weighted by Crippen LogP contribution is 2.16. The Morgan fingerprint density at radius 3 is 2.79 bits per heavy atom. The summed E-state index contributed by atoms with van der Waals surface area (Å²) in [5.41, 5.74) is -0.380. The normalized spacial score (nSPS) is 14.1. The predicted molar refractivity (Wildman–Crippen MR) is 55.1 cm³/mol. The fourth-order valence-electron chi connectivity index (χ4n) is 1.02. The van der Waals surface area contributed by atoms with E-state index in [1.54, 1.807) is 17.8 Å². The molecule has 0 saturated heterocycles. The van der Waals surface area contributed by atoms with E-state index in [1.165, 1.54) is 0 Å². The van der Waals surface area contributed by atoms with Crippen LogP contribution in [0.4, 0.5) is 5.82 Å². The van der Waals surface area contributed by atoms with Gasteiger partial charge in [-0.3, -0.25) is 0 Å². The standard InChI is InChI=1S/C9H18N4O/c1-5-13-8(6-10-12-13)11-9(3,4)7(2)14/h6-7,11,14H,5H2,1-4H3. The molecule has 5 nitrogen and oxygen atoms in total. The summed E-state index contributed by atoms with van der Waals surface area (Å²) in [5.74, 6) is 0.832.